The maximum Gasteiger partial charge on any atom is 0.0684 e. The fourth-order valence-electron chi connectivity index (χ4n) is 2.60. The summed E-state index contributed by atoms with van der Waals surface area (Å²) in [7, 11) is 1.95. The van der Waals surface area contributed by atoms with E-state index in [1.807, 2.05) is 11.7 Å². The summed E-state index contributed by atoms with van der Waals surface area (Å²) >= 11 is 0. The van der Waals surface area contributed by atoms with Crippen LogP contribution in [0.4, 0.5) is 0 Å². The number of aliphatic hydroxyl groups excluding tert-OH is 1. The average Bonchev–Trinajstić information content (AvgIpc) is 2.65. The molecule has 0 amide bonds. The highest BCUT2D eigenvalue weighted by molar-refractivity contribution is 5.40. The van der Waals surface area contributed by atoms with Gasteiger partial charge in [-0.05, 0) is 18.8 Å². The molecule has 1 aliphatic carbocycles. The summed E-state index contributed by atoms with van der Waals surface area (Å²) in [6.07, 6.45) is 1.69. The highest BCUT2D eigenvalue weighted by atomic mass is 16.3. The molecule has 0 saturated carbocycles. The van der Waals surface area contributed by atoms with Gasteiger partial charge in [-0.15, -0.1) is 0 Å². The number of nitrogens with two attached hydrogens (primary N) is 1. The van der Waals surface area contributed by atoms with Crippen LogP contribution in [0.15, 0.2) is 0 Å². The smallest absolute Gasteiger partial charge is 0.0684 e. The third-order valence-electron chi connectivity index (χ3n) is 3.30. The van der Waals surface area contributed by atoms with Gasteiger partial charge in [0.05, 0.1) is 17.8 Å². The van der Waals surface area contributed by atoms with Crippen molar-refractivity contribution in [1.82, 2.24) is 9.78 Å². The number of fused-ring (bicyclic) bond motifs is 1. The molecule has 1 aromatic rings. The van der Waals surface area contributed by atoms with Crippen LogP contribution in [0.2, 0.25) is 0 Å². The van der Waals surface area contributed by atoms with Crippen molar-refractivity contribution in [2.24, 2.45) is 12.8 Å². The molecule has 15 heavy (non-hydrogen) atoms. The highest BCUT2D eigenvalue weighted by Gasteiger charge is 2.40. The summed E-state index contributed by atoms with van der Waals surface area (Å²) in [4.78, 5) is 0. The van der Waals surface area contributed by atoms with Crippen LogP contribution in [0.1, 0.15) is 43.1 Å². The van der Waals surface area contributed by atoms with Crippen LogP contribution in [-0.2, 0) is 19.0 Å². The monoisotopic (exact) mass is 209 g/mol. The molecule has 0 radical (unpaired) electrons. The summed E-state index contributed by atoms with van der Waals surface area (Å²) in [5.74, 6) is 0.388. The zero-order chi connectivity index (χ0) is 11.2. The Balaban J connectivity index is 2.59. The summed E-state index contributed by atoms with van der Waals surface area (Å²) in [5, 5.41) is 13.9. The lowest BCUT2D eigenvalue weighted by Gasteiger charge is -2.24. The molecule has 1 heterocycles. The molecule has 0 fully saturated rings. The lowest BCUT2D eigenvalue weighted by molar-refractivity contribution is 0.195. The quantitative estimate of drug-likeness (QED) is 0.751. The van der Waals surface area contributed by atoms with Crippen LogP contribution in [0.25, 0.3) is 0 Å². The van der Waals surface area contributed by atoms with E-state index in [-0.39, 0.29) is 6.61 Å². The van der Waals surface area contributed by atoms with E-state index in [2.05, 4.69) is 18.9 Å². The molecule has 0 spiro atoms. The molecular weight excluding hydrogens is 190 g/mol. The van der Waals surface area contributed by atoms with Gasteiger partial charge in [-0.1, -0.05) is 13.8 Å². The fraction of sp³-hybridized carbons (Fsp3) is 0.727. The van der Waals surface area contributed by atoms with E-state index < -0.39 is 5.54 Å². The summed E-state index contributed by atoms with van der Waals surface area (Å²) in [6, 6.07) is 0. The second kappa shape index (κ2) is 3.32. The van der Waals surface area contributed by atoms with Gasteiger partial charge in [0.2, 0.25) is 0 Å². The third-order valence-corrected chi connectivity index (χ3v) is 3.30. The zero-order valence-corrected chi connectivity index (χ0v) is 9.62. The standard InChI is InChI=1S/C11H19N3O/c1-7(2)10-9-8(13-14(10)3)4-5-11(9,12)6-15/h7,15H,4-6,12H2,1-3H3. The van der Waals surface area contributed by atoms with E-state index in [4.69, 9.17) is 5.73 Å². The van der Waals surface area contributed by atoms with E-state index >= 15 is 0 Å². The van der Waals surface area contributed by atoms with Crippen molar-refractivity contribution in [3.63, 3.8) is 0 Å². The van der Waals surface area contributed by atoms with Crippen LogP contribution >= 0.6 is 0 Å². The van der Waals surface area contributed by atoms with Gasteiger partial charge in [-0.25, -0.2) is 0 Å². The lowest BCUT2D eigenvalue weighted by Crippen LogP contribution is -2.39. The van der Waals surface area contributed by atoms with Crippen molar-refractivity contribution >= 4 is 0 Å². The number of aryl methyl sites for hydroxylation is 2. The van der Waals surface area contributed by atoms with Gasteiger partial charge in [0.15, 0.2) is 0 Å². The maximum absolute atomic E-state index is 9.43. The minimum Gasteiger partial charge on any atom is -0.394 e. The van der Waals surface area contributed by atoms with Gasteiger partial charge in [0.25, 0.3) is 0 Å². The molecule has 1 atom stereocenters. The van der Waals surface area contributed by atoms with Crippen LogP contribution in [0, 0.1) is 0 Å². The minimum absolute atomic E-state index is 0.00537. The second-order valence-corrected chi connectivity index (χ2v) is 4.80. The molecule has 3 N–H and O–H groups in total. The van der Waals surface area contributed by atoms with E-state index in [0.29, 0.717) is 5.92 Å². The lowest BCUT2D eigenvalue weighted by atomic mass is 9.90. The summed E-state index contributed by atoms with van der Waals surface area (Å²) < 4.78 is 1.91. The Labute approximate surface area is 90.1 Å². The van der Waals surface area contributed by atoms with Crippen molar-refractivity contribution < 1.29 is 5.11 Å². The van der Waals surface area contributed by atoms with Gasteiger partial charge >= 0.3 is 0 Å². The topological polar surface area (TPSA) is 64.1 Å². The Bertz CT molecular complexity index is 383. The van der Waals surface area contributed by atoms with Crippen molar-refractivity contribution in [3.8, 4) is 0 Å². The molecule has 0 bridgehead atoms. The van der Waals surface area contributed by atoms with Gasteiger partial charge in [-0.2, -0.15) is 5.10 Å². The molecule has 1 unspecified atom stereocenters. The molecular formula is C11H19N3O. The summed E-state index contributed by atoms with van der Waals surface area (Å²) in [5.41, 5.74) is 8.97. The number of aliphatic hydroxyl groups is 1. The fourth-order valence-corrected chi connectivity index (χ4v) is 2.60. The molecule has 2 rings (SSSR count). The Kier molecular flexibility index (Phi) is 2.35. The molecule has 84 valence electrons. The molecule has 0 saturated heterocycles. The van der Waals surface area contributed by atoms with Crippen LogP contribution in [-0.4, -0.2) is 21.5 Å². The Hall–Kier alpha value is -0.870. The molecule has 1 aliphatic rings. The van der Waals surface area contributed by atoms with Crippen LogP contribution in [0.3, 0.4) is 0 Å². The largest absolute Gasteiger partial charge is 0.394 e. The van der Waals surface area contributed by atoms with Crippen molar-refractivity contribution in [1.29, 1.82) is 0 Å². The zero-order valence-electron chi connectivity index (χ0n) is 9.62. The first-order valence-corrected chi connectivity index (χ1v) is 5.45. The van der Waals surface area contributed by atoms with E-state index in [1.54, 1.807) is 0 Å². The maximum atomic E-state index is 9.43. The van der Waals surface area contributed by atoms with E-state index in [1.165, 1.54) is 5.69 Å². The normalized spacial score (nSPS) is 24.9. The minimum atomic E-state index is -0.566. The third kappa shape index (κ3) is 1.40. The first-order valence-electron chi connectivity index (χ1n) is 5.45. The first-order chi connectivity index (χ1) is 6.99. The molecule has 0 aromatic carbocycles. The number of hydrogen-bond acceptors (Lipinski definition) is 3. The summed E-state index contributed by atoms with van der Waals surface area (Å²) in [6.45, 7) is 4.27. The Morgan fingerprint density at radius 3 is 2.80 bits per heavy atom. The first kappa shape index (κ1) is 10.6. The molecule has 4 nitrogen and oxygen atoms in total. The van der Waals surface area contributed by atoms with E-state index in [9.17, 15) is 5.11 Å². The van der Waals surface area contributed by atoms with Gasteiger partial charge < -0.3 is 10.8 Å². The molecule has 0 aliphatic heterocycles. The molecule has 4 heteroatoms. The van der Waals surface area contributed by atoms with Crippen LogP contribution in [0.5, 0.6) is 0 Å². The van der Waals surface area contributed by atoms with Gasteiger partial charge in [0.1, 0.15) is 0 Å². The van der Waals surface area contributed by atoms with E-state index in [0.717, 1.165) is 24.1 Å². The predicted molar refractivity (Wildman–Crippen MR) is 58.6 cm³/mol. The Morgan fingerprint density at radius 1 is 1.60 bits per heavy atom. The number of hydrogen-bond donors (Lipinski definition) is 2. The van der Waals surface area contributed by atoms with Crippen molar-refractivity contribution in [3.05, 3.63) is 17.0 Å². The second-order valence-electron chi connectivity index (χ2n) is 4.80. The number of nitrogens with zero attached hydrogens (tertiary/aromatic N) is 2. The van der Waals surface area contributed by atoms with Gasteiger partial charge in [-0.3, -0.25) is 4.68 Å². The number of aromatic nitrogens is 2. The average molecular weight is 209 g/mol. The predicted octanol–water partition coefficient (Wildman–Crippen LogP) is 0.636. The number of rotatable bonds is 2. The SMILES string of the molecule is CC(C)c1c2c(nn1C)CCC2(N)CO. The molecule has 1 aromatic heterocycles. The Morgan fingerprint density at radius 2 is 2.27 bits per heavy atom. The van der Waals surface area contributed by atoms with Crippen LogP contribution < -0.4 is 5.73 Å². The van der Waals surface area contributed by atoms with Crippen molar-refractivity contribution in [2.45, 2.75) is 38.1 Å². The van der Waals surface area contributed by atoms with Crippen molar-refractivity contribution in [2.75, 3.05) is 6.61 Å². The highest BCUT2D eigenvalue weighted by Crippen LogP contribution is 2.38. The van der Waals surface area contributed by atoms with Gasteiger partial charge in [0, 0.05) is 18.3 Å².